The van der Waals surface area contributed by atoms with E-state index in [1.807, 2.05) is 7.05 Å². The summed E-state index contributed by atoms with van der Waals surface area (Å²) in [6.07, 6.45) is 3.28. The molecule has 0 aliphatic carbocycles. The minimum Gasteiger partial charge on any atom is -0.383 e. The van der Waals surface area contributed by atoms with Crippen LogP contribution in [0.2, 0.25) is 0 Å². The van der Waals surface area contributed by atoms with Crippen molar-refractivity contribution in [2.45, 2.75) is 18.9 Å². The van der Waals surface area contributed by atoms with Crippen LogP contribution in [0.5, 0.6) is 0 Å². The number of hydrogen-bond acceptors (Lipinski definition) is 4. The lowest BCUT2D eigenvalue weighted by Crippen LogP contribution is -2.26. The number of nitrogens with zero attached hydrogens (tertiary/aromatic N) is 3. The van der Waals surface area contributed by atoms with Crippen molar-refractivity contribution >= 4 is 0 Å². The van der Waals surface area contributed by atoms with Gasteiger partial charge in [0.1, 0.15) is 12.2 Å². The quantitative estimate of drug-likeness (QED) is 0.683. The topological polar surface area (TPSA) is 66.0 Å². The van der Waals surface area contributed by atoms with Gasteiger partial charge >= 0.3 is 0 Å². The molecule has 1 heterocycles. The molecule has 5 nitrogen and oxygen atoms in total. The lowest BCUT2D eigenvalue weighted by atomic mass is 10.2. The first kappa shape index (κ1) is 10.1. The number of ether oxygens (including phenoxy) is 1. The number of methoxy groups -OCH3 is 1. The summed E-state index contributed by atoms with van der Waals surface area (Å²) in [5.41, 5.74) is 5.77. The Kier molecular flexibility index (Phi) is 3.85. The fourth-order valence-corrected chi connectivity index (χ4v) is 1.16. The summed E-state index contributed by atoms with van der Waals surface area (Å²) in [6, 6.07) is 0.0849. The molecular formula is C8H16N4O. The zero-order valence-electron chi connectivity index (χ0n) is 8.10. The minimum atomic E-state index is 0.0849. The second-order valence-electron chi connectivity index (χ2n) is 3.05. The summed E-state index contributed by atoms with van der Waals surface area (Å²) in [6.45, 7) is 0.595. The molecule has 0 aliphatic heterocycles. The predicted molar refractivity (Wildman–Crippen MR) is 49.2 cm³/mol. The van der Waals surface area contributed by atoms with Crippen LogP contribution in [0, 0.1) is 0 Å². The summed E-state index contributed by atoms with van der Waals surface area (Å²) >= 11 is 0. The monoisotopic (exact) mass is 184 g/mol. The normalized spacial score (nSPS) is 13.2. The van der Waals surface area contributed by atoms with Gasteiger partial charge in [-0.15, -0.1) is 0 Å². The van der Waals surface area contributed by atoms with Crippen LogP contribution < -0.4 is 5.73 Å². The summed E-state index contributed by atoms with van der Waals surface area (Å²) in [4.78, 5) is 4.10. The molecule has 1 atom stereocenters. The Bertz CT molecular complexity index is 248. The van der Waals surface area contributed by atoms with E-state index in [4.69, 9.17) is 10.5 Å². The molecule has 0 amide bonds. The smallest absolute Gasteiger partial charge is 0.138 e. The number of nitrogens with two attached hydrogens (primary N) is 1. The van der Waals surface area contributed by atoms with Gasteiger partial charge in [-0.05, 0) is 6.42 Å². The lowest BCUT2D eigenvalue weighted by molar-refractivity contribution is 0.177. The number of aromatic nitrogens is 3. The van der Waals surface area contributed by atoms with Gasteiger partial charge in [0.15, 0.2) is 0 Å². The predicted octanol–water partition coefficient (Wildman–Crippen LogP) is -0.279. The van der Waals surface area contributed by atoms with Gasteiger partial charge in [0.2, 0.25) is 0 Å². The highest BCUT2D eigenvalue weighted by atomic mass is 16.5. The second kappa shape index (κ2) is 4.94. The van der Waals surface area contributed by atoms with Gasteiger partial charge in [0.05, 0.1) is 6.61 Å². The van der Waals surface area contributed by atoms with Crippen LogP contribution in [0.1, 0.15) is 12.2 Å². The molecule has 1 aromatic rings. The molecule has 0 spiro atoms. The van der Waals surface area contributed by atoms with Gasteiger partial charge < -0.3 is 10.5 Å². The number of rotatable bonds is 5. The fourth-order valence-electron chi connectivity index (χ4n) is 1.16. The largest absolute Gasteiger partial charge is 0.383 e. The van der Waals surface area contributed by atoms with Crippen molar-refractivity contribution in [2.24, 2.45) is 12.8 Å². The van der Waals surface area contributed by atoms with Crippen LogP contribution in [0.3, 0.4) is 0 Å². The van der Waals surface area contributed by atoms with E-state index < -0.39 is 0 Å². The van der Waals surface area contributed by atoms with E-state index in [0.29, 0.717) is 6.61 Å². The van der Waals surface area contributed by atoms with E-state index in [1.54, 1.807) is 18.1 Å². The maximum atomic E-state index is 5.77. The summed E-state index contributed by atoms with van der Waals surface area (Å²) in [5, 5.41) is 3.97. The highest BCUT2D eigenvalue weighted by Crippen LogP contribution is 1.99. The van der Waals surface area contributed by atoms with Gasteiger partial charge in [-0.3, -0.25) is 4.68 Å². The molecular weight excluding hydrogens is 168 g/mol. The van der Waals surface area contributed by atoms with Crippen LogP contribution in [-0.4, -0.2) is 34.5 Å². The van der Waals surface area contributed by atoms with E-state index in [1.165, 1.54) is 0 Å². The van der Waals surface area contributed by atoms with Crippen molar-refractivity contribution in [3.8, 4) is 0 Å². The third-order valence-corrected chi connectivity index (χ3v) is 1.92. The second-order valence-corrected chi connectivity index (χ2v) is 3.05. The van der Waals surface area contributed by atoms with E-state index >= 15 is 0 Å². The molecule has 0 aromatic carbocycles. The zero-order valence-corrected chi connectivity index (χ0v) is 8.10. The van der Waals surface area contributed by atoms with E-state index in [-0.39, 0.29) is 6.04 Å². The van der Waals surface area contributed by atoms with Crippen molar-refractivity contribution in [1.29, 1.82) is 0 Å². The van der Waals surface area contributed by atoms with Crippen LogP contribution in [-0.2, 0) is 18.2 Å². The Morgan fingerprint density at radius 3 is 3.00 bits per heavy atom. The number of aryl methyl sites for hydroxylation is 2. The summed E-state index contributed by atoms with van der Waals surface area (Å²) in [7, 11) is 3.53. The average molecular weight is 184 g/mol. The van der Waals surface area contributed by atoms with Crippen LogP contribution in [0.4, 0.5) is 0 Å². The van der Waals surface area contributed by atoms with Crippen molar-refractivity contribution in [3.63, 3.8) is 0 Å². The van der Waals surface area contributed by atoms with Crippen molar-refractivity contribution in [2.75, 3.05) is 13.7 Å². The number of hydrogen-bond donors (Lipinski definition) is 1. The molecule has 74 valence electrons. The van der Waals surface area contributed by atoms with Crippen molar-refractivity contribution in [3.05, 3.63) is 12.2 Å². The SMILES string of the molecule is COCC(N)CCc1ncnn1C. The van der Waals surface area contributed by atoms with Gasteiger partial charge in [0, 0.05) is 26.6 Å². The van der Waals surface area contributed by atoms with Crippen LogP contribution >= 0.6 is 0 Å². The van der Waals surface area contributed by atoms with Gasteiger partial charge in [-0.25, -0.2) is 4.98 Å². The standard InChI is InChI=1S/C8H16N4O/c1-12-8(10-6-11-12)4-3-7(9)5-13-2/h6-7H,3-5,9H2,1-2H3. The minimum absolute atomic E-state index is 0.0849. The summed E-state index contributed by atoms with van der Waals surface area (Å²) in [5.74, 6) is 0.964. The summed E-state index contributed by atoms with van der Waals surface area (Å²) < 4.78 is 6.70. The molecule has 1 unspecified atom stereocenters. The third kappa shape index (κ3) is 3.12. The first-order valence-electron chi connectivity index (χ1n) is 4.31. The molecule has 0 saturated heterocycles. The Labute approximate surface area is 77.9 Å². The Hall–Kier alpha value is -0.940. The highest BCUT2D eigenvalue weighted by molar-refractivity contribution is 4.84. The molecule has 0 fully saturated rings. The van der Waals surface area contributed by atoms with Gasteiger partial charge in [-0.1, -0.05) is 0 Å². The molecule has 0 saturated carbocycles. The Morgan fingerprint density at radius 2 is 2.46 bits per heavy atom. The molecule has 13 heavy (non-hydrogen) atoms. The van der Waals surface area contributed by atoms with Crippen molar-refractivity contribution < 1.29 is 4.74 Å². The molecule has 0 bridgehead atoms. The third-order valence-electron chi connectivity index (χ3n) is 1.92. The zero-order chi connectivity index (χ0) is 9.68. The molecule has 1 aromatic heterocycles. The molecule has 1 rings (SSSR count). The van der Waals surface area contributed by atoms with Gasteiger partial charge in [-0.2, -0.15) is 5.10 Å². The van der Waals surface area contributed by atoms with Gasteiger partial charge in [0.25, 0.3) is 0 Å². The van der Waals surface area contributed by atoms with E-state index in [2.05, 4.69) is 10.1 Å². The van der Waals surface area contributed by atoms with E-state index in [0.717, 1.165) is 18.7 Å². The first-order valence-corrected chi connectivity index (χ1v) is 4.31. The average Bonchev–Trinajstić information content (AvgIpc) is 2.48. The maximum absolute atomic E-state index is 5.77. The molecule has 0 radical (unpaired) electrons. The highest BCUT2D eigenvalue weighted by Gasteiger charge is 2.05. The lowest BCUT2D eigenvalue weighted by Gasteiger charge is -2.08. The van der Waals surface area contributed by atoms with Crippen LogP contribution in [0.25, 0.3) is 0 Å². The van der Waals surface area contributed by atoms with Crippen LogP contribution in [0.15, 0.2) is 6.33 Å². The maximum Gasteiger partial charge on any atom is 0.138 e. The van der Waals surface area contributed by atoms with Crippen molar-refractivity contribution in [1.82, 2.24) is 14.8 Å². The molecule has 0 aliphatic rings. The first-order chi connectivity index (χ1) is 6.24. The molecule has 2 N–H and O–H groups in total. The fraction of sp³-hybridized carbons (Fsp3) is 0.750. The Balaban J connectivity index is 2.30. The van der Waals surface area contributed by atoms with E-state index in [9.17, 15) is 0 Å². The molecule has 5 heteroatoms. The Morgan fingerprint density at radius 1 is 1.69 bits per heavy atom.